The van der Waals surface area contributed by atoms with E-state index in [4.69, 9.17) is 5.21 Å². The molecule has 0 spiro atoms. The lowest BCUT2D eigenvalue weighted by Gasteiger charge is -2.03. The first-order valence-electron chi connectivity index (χ1n) is 6.63. The smallest absolute Gasteiger partial charge is 0.267 e. The molecule has 1 rings (SSSR count). The second-order valence-electron chi connectivity index (χ2n) is 4.36. The van der Waals surface area contributed by atoms with Crippen LogP contribution in [-0.4, -0.2) is 23.6 Å². The topological polar surface area (TPSA) is 78.4 Å². The zero-order valence-corrected chi connectivity index (χ0v) is 11.6. The van der Waals surface area contributed by atoms with Gasteiger partial charge in [0.1, 0.15) is 0 Å². The monoisotopic (exact) mass is 276 g/mol. The Morgan fingerprint density at radius 2 is 1.95 bits per heavy atom. The first-order valence-corrected chi connectivity index (χ1v) is 6.63. The average molecular weight is 276 g/mol. The SMILES string of the molecule is CCNC(=O)CCCc1ccc(/C=C/C(=O)NO)cc1. The molecule has 3 N–H and O–H groups in total. The Morgan fingerprint density at radius 3 is 2.55 bits per heavy atom. The van der Waals surface area contributed by atoms with Gasteiger partial charge in [-0.2, -0.15) is 0 Å². The van der Waals surface area contributed by atoms with Gasteiger partial charge in [-0.05, 0) is 37.0 Å². The van der Waals surface area contributed by atoms with Crippen LogP contribution in [0.5, 0.6) is 0 Å². The van der Waals surface area contributed by atoms with Crippen molar-refractivity contribution in [2.45, 2.75) is 26.2 Å². The summed E-state index contributed by atoms with van der Waals surface area (Å²) in [5.74, 6) is -0.474. The molecule has 0 saturated carbocycles. The number of hydroxylamine groups is 1. The highest BCUT2D eigenvalue weighted by Gasteiger charge is 2.00. The fraction of sp³-hybridized carbons (Fsp3) is 0.333. The van der Waals surface area contributed by atoms with Crippen LogP contribution in [0.4, 0.5) is 0 Å². The molecule has 0 saturated heterocycles. The molecule has 5 nitrogen and oxygen atoms in total. The summed E-state index contributed by atoms with van der Waals surface area (Å²) < 4.78 is 0. The molecule has 0 aliphatic heterocycles. The van der Waals surface area contributed by atoms with Gasteiger partial charge in [0.15, 0.2) is 0 Å². The second-order valence-corrected chi connectivity index (χ2v) is 4.36. The minimum Gasteiger partial charge on any atom is -0.356 e. The quantitative estimate of drug-likeness (QED) is 0.402. The molecule has 108 valence electrons. The van der Waals surface area contributed by atoms with E-state index in [0.717, 1.165) is 24.0 Å². The minimum atomic E-state index is -0.559. The van der Waals surface area contributed by atoms with Crippen LogP contribution in [0.15, 0.2) is 30.3 Å². The summed E-state index contributed by atoms with van der Waals surface area (Å²) in [5.41, 5.74) is 3.56. The number of amides is 2. The molecule has 0 bridgehead atoms. The number of hydrogen-bond donors (Lipinski definition) is 3. The molecular formula is C15H20N2O3. The predicted octanol–water partition coefficient (Wildman–Crippen LogP) is 1.66. The van der Waals surface area contributed by atoms with Gasteiger partial charge in [-0.15, -0.1) is 0 Å². The number of carbonyl (C=O) groups is 2. The summed E-state index contributed by atoms with van der Waals surface area (Å²) in [6.45, 7) is 2.57. The Labute approximate surface area is 118 Å². The van der Waals surface area contributed by atoms with E-state index in [1.54, 1.807) is 6.08 Å². The van der Waals surface area contributed by atoms with Gasteiger partial charge in [0, 0.05) is 19.0 Å². The standard InChI is InChI=1S/C15H20N2O3/c1-2-16-14(18)5-3-4-12-6-8-13(9-7-12)10-11-15(19)17-20/h6-11,20H,2-5H2,1H3,(H,16,18)(H,17,19)/b11-10+. The van der Waals surface area contributed by atoms with Crippen molar-refractivity contribution in [1.82, 2.24) is 10.8 Å². The summed E-state index contributed by atoms with van der Waals surface area (Å²) in [4.78, 5) is 22.1. The average Bonchev–Trinajstić information content (AvgIpc) is 2.46. The maximum atomic E-state index is 11.3. The molecule has 20 heavy (non-hydrogen) atoms. The molecule has 0 radical (unpaired) electrons. The zero-order chi connectivity index (χ0) is 14.8. The van der Waals surface area contributed by atoms with Crippen LogP contribution in [-0.2, 0) is 16.0 Å². The van der Waals surface area contributed by atoms with Crippen LogP contribution in [0.25, 0.3) is 6.08 Å². The number of aryl methyl sites for hydroxylation is 1. The summed E-state index contributed by atoms with van der Waals surface area (Å²) >= 11 is 0. The maximum absolute atomic E-state index is 11.3. The lowest BCUT2D eigenvalue weighted by Crippen LogP contribution is -2.22. The Hall–Kier alpha value is -2.14. The third-order valence-electron chi connectivity index (χ3n) is 2.76. The van der Waals surface area contributed by atoms with Gasteiger partial charge in [-0.25, -0.2) is 5.48 Å². The van der Waals surface area contributed by atoms with E-state index >= 15 is 0 Å². The van der Waals surface area contributed by atoms with E-state index in [1.165, 1.54) is 11.6 Å². The van der Waals surface area contributed by atoms with Crippen molar-refractivity contribution in [2.24, 2.45) is 0 Å². The van der Waals surface area contributed by atoms with Crippen LogP contribution >= 0.6 is 0 Å². The molecule has 2 amide bonds. The van der Waals surface area contributed by atoms with Crippen LogP contribution < -0.4 is 10.8 Å². The van der Waals surface area contributed by atoms with Crippen molar-refractivity contribution < 1.29 is 14.8 Å². The van der Waals surface area contributed by atoms with Crippen molar-refractivity contribution >= 4 is 17.9 Å². The Balaban J connectivity index is 2.41. The van der Waals surface area contributed by atoms with Crippen molar-refractivity contribution in [3.63, 3.8) is 0 Å². The molecule has 0 aliphatic rings. The number of rotatable bonds is 7. The van der Waals surface area contributed by atoms with Gasteiger partial charge in [0.25, 0.3) is 5.91 Å². The fourth-order valence-electron chi connectivity index (χ4n) is 1.74. The molecular weight excluding hydrogens is 256 g/mol. The van der Waals surface area contributed by atoms with Gasteiger partial charge < -0.3 is 5.32 Å². The van der Waals surface area contributed by atoms with Crippen molar-refractivity contribution in [3.8, 4) is 0 Å². The van der Waals surface area contributed by atoms with Crippen LogP contribution in [0, 0.1) is 0 Å². The van der Waals surface area contributed by atoms with Crippen LogP contribution in [0.2, 0.25) is 0 Å². The Morgan fingerprint density at radius 1 is 1.25 bits per heavy atom. The van der Waals surface area contributed by atoms with Gasteiger partial charge in [0.05, 0.1) is 0 Å². The van der Waals surface area contributed by atoms with Crippen LogP contribution in [0.3, 0.4) is 0 Å². The summed E-state index contributed by atoms with van der Waals surface area (Å²) in [7, 11) is 0. The molecule has 0 aromatic heterocycles. The van der Waals surface area contributed by atoms with Crippen molar-refractivity contribution in [2.75, 3.05) is 6.54 Å². The fourth-order valence-corrected chi connectivity index (χ4v) is 1.74. The molecule has 0 fully saturated rings. The molecule has 1 aromatic carbocycles. The van der Waals surface area contributed by atoms with Gasteiger partial charge in [-0.3, -0.25) is 14.8 Å². The predicted molar refractivity (Wildman–Crippen MR) is 77.0 cm³/mol. The third-order valence-corrected chi connectivity index (χ3v) is 2.76. The largest absolute Gasteiger partial charge is 0.356 e. The molecule has 0 atom stereocenters. The van der Waals surface area contributed by atoms with E-state index < -0.39 is 5.91 Å². The van der Waals surface area contributed by atoms with E-state index in [0.29, 0.717) is 13.0 Å². The van der Waals surface area contributed by atoms with Gasteiger partial charge in [-0.1, -0.05) is 24.3 Å². The van der Waals surface area contributed by atoms with Crippen LogP contribution in [0.1, 0.15) is 30.9 Å². The first-order chi connectivity index (χ1) is 9.65. The summed E-state index contributed by atoms with van der Waals surface area (Å²) in [5, 5.41) is 11.1. The summed E-state index contributed by atoms with van der Waals surface area (Å²) in [6.07, 6.45) is 5.06. The number of hydrogen-bond acceptors (Lipinski definition) is 3. The molecule has 0 unspecified atom stereocenters. The molecule has 0 aliphatic carbocycles. The van der Waals surface area contributed by atoms with E-state index in [2.05, 4.69) is 5.32 Å². The van der Waals surface area contributed by atoms with Crippen molar-refractivity contribution in [1.29, 1.82) is 0 Å². The number of benzene rings is 1. The van der Waals surface area contributed by atoms with Crippen molar-refractivity contribution in [3.05, 3.63) is 41.5 Å². The Kier molecular flexibility index (Phi) is 7.06. The number of carbonyl (C=O) groups excluding carboxylic acids is 2. The van der Waals surface area contributed by atoms with E-state index in [1.807, 2.05) is 31.2 Å². The normalized spacial score (nSPS) is 10.5. The highest BCUT2D eigenvalue weighted by atomic mass is 16.5. The van der Waals surface area contributed by atoms with Gasteiger partial charge >= 0.3 is 0 Å². The highest BCUT2D eigenvalue weighted by Crippen LogP contribution is 2.09. The molecule has 5 heteroatoms. The van der Waals surface area contributed by atoms with E-state index in [9.17, 15) is 9.59 Å². The molecule has 1 aromatic rings. The number of nitrogens with one attached hydrogen (secondary N) is 2. The minimum absolute atomic E-state index is 0.0852. The zero-order valence-electron chi connectivity index (χ0n) is 11.6. The molecule has 0 heterocycles. The summed E-state index contributed by atoms with van der Waals surface area (Å²) in [6, 6.07) is 7.72. The first kappa shape index (κ1) is 15.9. The highest BCUT2D eigenvalue weighted by molar-refractivity contribution is 5.90. The Bertz CT molecular complexity index is 467. The third kappa shape index (κ3) is 6.15. The van der Waals surface area contributed by atoms with E-state index in [-0.39, 0.29) is 5.91 Å². The maximum Gasteiger partial charge on any atom is 0.267 e. The lowest BCUT2D eigenvalue weighted by atomic mass is 10.1. The lowest BCUT2D eigenvalue weighted by molar-refractivity contribution is -0.124. The second kappa shape index (κ2) is 8.87. The van der Waals surface area contributed by atoms with Gasteiger partial charge in [0.2, 0.25) is 5.91 Å².